The van der Waals surface area contributed by atoms with Gasteiger partial charge < -0.3 is 5.11 Å². The van der Waals surface area contributed by atoms with E-state index in [2.05, 4.69) is 0 Å². The highest BCUT2D eigenvalue weighted by molar-refractivity contribution is 5.70. The third kappa shape index (κ3) is 2.68. The minimum absolute atomic E-state index is 0.0132. The summed E-state index contributed by atoms with van der Waals surface area (Å²) in [5.74, 6) is -4.63. The molecule has 0 bridgehead atoms. The first-order valence-corrected chi connectivity index (χ1v) is 3.98. The van der Waals surface area contributed by atoms with Crippen molar-refractivity contribution >= 4 is 5.97 Å². The molecule has 0 aliphatic carbocycles. The van der Waals surface area contributed by atoms with Gasteiger partial charge in [-0.05, 0) is 12.1 Å². The predicted octanol–water partition coefficient (Wildman–Crippen LogP) is 2.61. The Morgan fingerprint density at radius 1 is 1.25 bits per heavy atom. The lowest BCUT2D eigenvalue weighted by Gasteiger charge is -2.10. The summed E-state index contributed by atoms with van der Waals surface area (Å²) < 4.78 is 62.5. The number of rotatable bonds is 2. The molecule has 0 saturated heterocycles. The van der Waals surface area contributed by atoms with Gasteiger partial charge in [0.15, 0.2) is 0 Å². The highest BCUT2D eigenvalue weighted by Gasteiger charge is 2.35. The summed E-state index contributed by atoms with van der Waals surface area (Å²) in [6, 6.07) is 0.416. The Morgan fingerprint density at radius 2 is 1.81 bits per heavy atom. The highest BCUT2D eigenvalue weighted by atomic mass is 19.4. The Kier molecular flexibility index (Phi) is 3.16. The second-order valence-corrected chi connectivity index (χ2v) is 2.99. The number of hydrogen-bond donors (Lipinski definition) is 1. The van der Waals surface area contributed by atoms with Crippen molar-refractivity contribution in [3.05, 3.63) is 34.9 Å². The molecule has 1 rings (SSSR count). The molecule has 1 aromatic rings. The largest absolute Gasteiger partial charge is 0.481 e. The second-order valence-electron chi connectivity index (χ2n) is 2.99. The van der Waals surface area contributed by atoms with Gasteiger partial charge in [-0.25, -0.2) is 8.78 Å². The SMILES string of the molecule is O=C(O)Cc1cc(F)cc(C(F)(F)F)c1F. The van der Waals surface area contributed by atoms with E-state index in [0.717, 1.165) is 0 Å². The van der Waals surface area contributed by atoms with Crippen LogP contribution in [0.15, 0.2) is 12.1 Å². The quantitative estimate of drug-likeness (QED) is 0.807. The predicted molar refractivity (Wildman–Crippen MR) is 42.7 cm³/mol. The molecule has 7 heteroatoms. The van der Waals surface area contributed by atoms with Crippen molar-refractivity contribution in [3.63, 3.8) is 0 Å². The zero-order valence-electron chi connectivity index (χ0n) is 7.61. The van der Waals surface area contributed by atoms with Crippen LogP contribution in [0.25, 0.3) is 0 Å². The smallest absolute Gasteiger partial charge is 0.419 e. The van der Waals surface area contributed by atoms with Crippen molar-refractivity contribution in [1.29, 1.82) is 0 Å². The van der Waals surface area contributed by atoms with Crippen molar-refractivity contribution in [2.45, 2.75) is 12.6 Å². The van der Waals surface area contributed by atoms with Crippen LogP contribution in [-0.4, -0.2) is 11.1 Å². The van der Waals surface area contributed by atoms with Crippen LogP contribution in [0.3, 0.4) is 0 Å². The minimum atomic E-state index is -5.06. The van der Waals surface area contributed by atoms with Crippen LogP contribution in [0.4, 0.5) is 22.0 Å². The molecule has 1 N–H and O–H groups in total. The van der Waals surface area contributed by atoms with E-state index in [1.54, 1.807) is 0 Å². The molecule has 0 unspecified atom stereocenters. The van der Waals surface area contributed by atoms with Crippen molar-refractivity contribution in [2.24, 2.45) is 0 Å². The maximum atomic E-state index is 13.2. The molecule has 0 heterocycles. The maximum absolute atomic E-state index is 13.2. The van der Waals surface area contributed by atoms with E-state index in [1.807, 2.05) is 0 Å². The normalized spacial score (nSPS) is 11.6. The molecule has 0 radical (unpaired) electrons. The number of benzene rings is 1. The second kappa shape index (κ2) is 4.07. The lowest BCUT2D eigenvalue weighted by molar-refractivity contribution is -0.141. The van der Waals surface area contributed by atoms with Gasteiger partial charge in [0.25, 0.3) is 0 Å². The van der Waals surface area contributed by atoms with Crippen molar-refractivity contribution < 1.29 is 31.9 Å². The number of aliphatic carboxylic acids is 1. The van der Waals surface area contributed by atoms with Crippen LogP contribution < -0.4 is 0 Å². The summed E-state index contributed by atoms with van der Waals surface area (Å²) >= 11 is 0. The van der Waals surface area contributed by atoms with Crippen molar-refractivity contribution in [3.8, 4) is 0 Å². The fourth-order valence-electron chi connectivity index (χ4n) is 1.14. The first-order valence-electron chi connectivity index (χ1n) is 3.98. The Hall–Kier alpha value is -1.66. The molecule has 0 aliphatic heterocycles. The summed E-state index contributed by atoms with van der Waals surface area (Å²) in [4.78, 5) is 10.2. The van der Waals surface area contributed by atoms with Gasteiger partial charge in [-0.2, -0.15) is 13.2 Å². The van der Waals surface area contributed by atoms with Crippen LogP contribution in [0.2, 0.25) is 0 Å². The van der Waals surface area contributed by atoms with Crippen LogP contribution in [0, 0.1) is 11.6 Å². The van der Waals surface area contributed by atoms with E-state index in [1.165, 1.54) is 0 Å². The lowest BCUT2D eigenvalue weighted by Crippen LogP contribution is -2.13. The molecule has 0 spiro atoms. The zero-order chi connectivity index (χ0) is 12.5. The van der Waals surface area contributed by atoms with E-state index >= 15 is 0 Å². The third-order valence-electron chi connectivity index (χ3n) is 1.76. The Labute approximate surface area is 86.3 Å². The van der Waals surface area contributed by atoms with Crippen LogP contribution in [0.1, 0.15) is 11.1 Å². The molecule has 88 valence electrons. The molecular formula is C9H5F5O2. The van der Waals surface area contributed by atoms with Gasteiger partial charge >= 0.3 is 12.1 Å². The van der Waals surface area contributed by atoms with Crippen LogP contribution >= 0.6 is 0 Å². The summed E-state index contributed by atoms with van der Waals surface area (Å²) in [6.45, 7) is 0. The number of hydrogen-bond acceptors (Lipinski definition) is 1. The Bertz CT molecular complexity index is 425. The summed E-state index contributed by atoms with van der Waals surface area (Å²) in [5, 5.41) is 8.31. The maximum Gasteiger partial charge on any atom is 0.419 e. The van der Waals surface area contributed by atoms with Gasteiger partial charge in [0.2, 0.25) is 0 Å². The Balaban J connectivity index is 3.32. The average molecular weight is 240 g/mol. The van der Waals surface area contributed by atoms with E-state index < -0.39 is 41.3 Å². The summed E-state index contributed by atoms with van der Waals surface area (Å²) in [6.07, 6.45) is -6.06. The lowest BCUT2D eigenvalue weighted by atomic mass is 10.1. The highest BCUT2D eigenvalue weighted by Crippen LogP contribution is 2.33. The monoisotopic (exact) mass is 240 g/mol. The fraction of sp³-hybridized carbons (Fsp3) is 0.222. The molecule has 0 atom stereocenters. The number of carboxylic acid groups (broad SMARTS) is 1. The van der Waals surface area contributed by atoms with Crippen LogP contribution in [0.5, 0.6) is 0 Å². The summed E-state index contributed by atoms with van der Waals surface area (Å²) in [7, 11) is 0. The molecule has 0 fully saturated rings. The van der Waals surface area contributed by atoms with E-state index in [4.69, 9.17) is 5.11 Å². The Morgan fingerprint density at radius 3 is 2.25 bits per heavy atom. The van der Waals surface area contributed by atoms with Gasteiger partial charge in [-0.3, -0.25) is 4.79 Å². The van der Waals surface area contributed by atoms with E-state index in [0.29, 0.717) is 6.07 Å². The molecule has 0 aromatic heterocycles. The number of carbonyl (C=O) groups is 1. The standard InChI is InChI=1S/C9H5F5O2/c10-5-1-4(2-7(15)16)8(11)6(3-5)9(12,13)14/h1,3H,2H2,(H,15,16). The topological polar surface area (TPSA) is 37.3 Å². The van der Waals surface area contributed by atoms with Gasteiger partial charge in [-0.1, -0.05) is 0 Å². The first-order chi connectivity index (χ1) is 7.21. The van der Waals surface area contributed by atoms with E-state index in [-0.39, 0.29) is 6.07 Å². The molecule has 2 nitrogen and oxygen atoms in total. The molecular weight excluding hydrogens is 235 g/mol. The van der Waals surface area contributed by atoms with Gasteiger partial charge in [0.1, 0.15) is 11.6 Å². The third-order valence-corrected chi connectivity index (χ3v) is 1.76. The molecule has 1 aromatic carbocycles. The van der Waals surface area contributed by atoms with Gasteiger partial charge in [0, 0.05) is 5.56 Å². The number of alkyl halides is 3. The molecule has 0 aliphatic rings. The number of halogens is 5. The van der Waals surface area contributed by atoms with Crippen LogP contribution in [-0.2, 0) is 17.4 Å². The van der Waals surface area contributed by atoms with E-state index in [9.17, 15) is 26.7 Å². The van der Waals surface area contributed by atoms with Gasteiger partial charge in [-0.15, -0.1) is 0 Å². The minimum Gasteiger partial charge on any atom is -0.481 e. The fourth-order valence-corrected chi connectivity index (χ4v) is 1.14. The molecule has 16 heavy (non-hydrogen) atoms. The van der Waals surface area contributed by atoms with Gasteiger partial charge in [0.05, 0.1) is 12.0 Å². The van der Waals surface area contributed by atoms with Crippen molar-refractivity contribution in [2.75, 3.05) is 0 Å². The summed E-state index contributed by atoms with van der Waals surface area (Å²) in [5.41, 5.74) is -2.64. The van der Waals surface area contributed by atoms with Crippen molar-refractivity contribution in [1.82, 2.24) is 0 Å². The number of carboxylic acids is 1. The molecule has 0 saturated carbocycles. The molecule has 0 amide bonds. The zero-order valence-corrected chi connectivity index (χ0v) is 7.61. The average Bonchev–Trinajstić information content (AvgIpc) is 2.07. The first kappa shape index (κ1) is 12.4.